The molecule has 0 aromatic carbocycles. The van der Waals surface area contributed by atoms with Crippen molar-refractivity contribution in [1.29, 1.82) is 0 Å². The van der Waals surface area contributed by atoms with Crippen LogP contribution in [0.1, 0.15) is 25.1 Å². The van der Waals surface area contributed by atoms with Crippen molar-refractivity contribution in [3.8, 4) is 0 Å². The second-order valence-corrected chi connectivity index (χ2v) is 4.24. The second-order valence-electron chi connectivity index (χ2n) is 3.29. The van der Waals surface area contributed by atoms with Gasteiger partial charge in [0.15, 0.2) is 0 Å². The van der Waals surface area contributed by atoms with Gasteiger partial charge in [-0.25, -0.2) is 0 Å². The van der Waals surface area contributed by atoms with Crippen molar-refractivity contribution >= 4 is 22.9 Å². The lowest BCUT2D eigenvalue weighted by atomic mass is 10.1. The highest BCUT2D eigenvalue weighted by Gasteiger charge is 2.14. The Labute approximate surface area is 101 Å². The van der Waals surface area contributed by atoms with Gasteiger partial charge < -0.3 is 10.6 Å². The van der Waals surface area contributed by atoms with E-state index < -0.39 is 0 Å². The average Bonchev–Trinajstić information content (AvgIpc) is 2.81. The molecule has 1 heterocycles. The third-order valence-electron chi connectivity index (χ3n) is 2.28. The van der Waals surface area contributed by atoms with Crippen LogP contribution in [-0.4, -0.2) is 19.5 Å². The lowest BCUT2D eigenvalue weighted by Crippen LogP contribution is -2.24. The molecule has 0 atom stereocenters. The number of amides is 1. The lowest BCUT2D eigenvalue weighted by molar-refractivity contribution is -0.117. The minimum absolute atomic E-state index is 0.00755. The molecule has 0 spiro atoms. The molecule has 0 saturated carbocycles. The minimum atomic E-state index is -0.00755. The SMILES string of the molecule is CCN/C(=C(\CC)C(=O)NC)c1cccs1. The zero-order chi connectivity index (χ0) is 12.0. The molecule has 1 aromatic heterocycles. The van der Waals surface area contributed by atoms with Crippen LogP contribution in [0.5, 0.6) is 0 Å². The fourth-order valence-corrected chi connectivity index (χ4v) is 2.32. The Morgan fingerprint density at radius 2 is 2.19 bits per heavy atom. The molecule has 16 heavy (non-hydrogen) atoms. The summed E-state index contributed by atoms with van der Waals surface area (Å²) in [5, 5.41) is 7.98. The first kappa shape index (κ1) is 12.8. The van der Waals surface area contributed by atoms with Crippen LogP contribution in [0, 0.1) is 0 Å². The summed E-state index contributed by atoms with van der Waals surface area (Å²) in [6.45, 7) is 4.84. The summed E-state index contributed by atoms with van der Waals surface area (Å²) in [5.74, 6) is -0.00755. The monoisotopic (exact) mass is 238 g/mol. The minimum Gasteiger partial charge on any atom is -0.384 e. The number of hydrogen-bond acceptors (Lipinski definition) is 3. The molecule has 0 aliphatic rings. The largest absolute Gasteiger partial charge is 0.384 e. The van der Waals surface area contributed by atoms with Crippen molar-refractivity contribution in [3.63, 3.8) is 0 Å². The number of carbonyl (C=O) groups excluding carboxylic acids is 1. The normalized spacial score (nSPS) is 11.9. The molecular formula is C12H18N2OS. The zero-order valence-corrected chi connectivity index (χ0v) is 10.8. The summed E-state index contributed by atoms with van der Waals surface area (Å²) < 4.78 is 0. The van der Waals surface area contributed by atoms with Gasteiger partial charge >= 0.3 is 0 Å². The van der Waals surface area contributed by atoms with E-state index in [-0.39, 0.29) is 5.91 Å². The number of thiophene rings is 1. The number of carbonyl (C=O) groups is 1. The fourth-order valence-electron chi connectivity index (χ4n) is 1.54. The van der Waals surface area contributed by atoms with E-state index >= 15 is 0 Å². The Hall–Kier alpha value is -1.29. The molecule has 1 rings (SSSR count). The van der Waals surface area contributed by atoms with Gasteiger partial charge in [-0.05, 0) is 24.8 Å². The number of hydrogen-bond donors (Lipinski definition) is 2. The molecule has 0 aliphatic carbocycles. The van der Waals surface area contributed by atoms with E-state index in [0.717, 1.165) is 29.1 Å². The van der Waals surface area contributed by atoms with E-state index in [4.69, 9.17) is 0 Å². The molecular weight excluding hydrogens is 220 g/mol. The zero-order valence-electron chi connectivity index (χ0n) is 9.96. The first-order chi connectivity index (χ1) is 7.74. The Morgan fingerprint density at radius 3 is 2.62 bits per heavy atom. The topological polar surface area (TPSA) is 41.1 Å². The van der Waals surface area contributed by atoms with E-state index in [2.05, 4.69) is 10.6 Å². The fraction of sp³-hybridized carbons (Fsp3) is 0.417. The van der Waals surface area contributed by atoms with Gasteiger partial charge in [-0.3, -0.25) is 4.79 Å². The second kappa shape index (κ2) is 6.33. The maximum atomic E-state index is 11.8. The van der Waals surface area contributed by atoms with Crippen LogP contribution >= 0.6 is 11.3 Å². The van der Waals surface area contributed by atoms with Gasteiger partial charge in [0.2, 0.25) is 5.91 Å². The maximum absolute atomic E-state index is 11.8. The van der Waals surface area contributed by atoms with Crippen molar-refractivity contribution in [2.45, 2.75) is 20.3 Å². The predicted octanol–water partition coefficient (Wildman–Crippen LogP) is 2.22. The van der Waals surface area contributed by atoms with E-state index in [1.165, 1.54) is 0 Å². The van der Waals surface area contributed by atoms with Crippen molar-refractivity contribution in [2.75, 3.05) is 13.6 Å². The summed E-state index contributed by atoms with van der Waals surface area (Å²) in [5.41, 5.74) is 1.77. The molecule has 0 aliphatic heterocycles. The van der Waals surface area contributed by atoms with Gasteiger partial charge in [0.25, 0.3) is 0 Å². The van der Waals surface area contributed by atoms with Crippen LogP contribution in [0.4, 0.5) is 0 Å². The van der Waals surface area contributed by atoms with Crippen molar-refractivity contribution in [2.24, 2.45) is 0 Å². The third-order valence-corrected chi connectivity index (χ3v) is 3.16. The Kier molecular flexibility index (Phi) is 5.05. The highest BCUT2D eigenvalue weighted by Crippen LogP contribution is 2.22. The van der Waals surface area contributed by atoms with Crippen molar-refractivity contribution in [1.82, 2.24) is 10.6 Å². The van der Waals surface area contributed by atoms with E-state index in [1.54, 1.807) is 18.4 Å². The van der Waals surface area contributed by atoms with E-state index in [9.17, 15) is 4.79 Å². The average molecular weight is 238 g/mol. The molecule has 1 aromatic rings. The van der Waals surface area contributed by atoms with Gasteiger partial charge in [0.1, 0.15) is 0 Å². The number of nitrogens with one attached hydrogen (secondary N) is 2. The van der Waals surface area contributed by atoms with Crippen molar-refractivity contribution < 1.29 is 4.79 Å². The third kappa shape index (κ3) is 2.85. The number of likely N-dealkylation sites (N-methyl/N-ethyl adjacent to an activating group) is 1. The summed E-state index contributed by atoms with van der Waals surface area (Å²) in [6.07, 6.45) is 0.722. The van der Waals surface area contributed by atoms with Crippen molar-refractivity contribution in [3.05, 3.63) is 28.0 Å². The molecule has 1 amide bonds. The Balaban J connectivity index is 3.15. The van der Waals surface area contributed by atoms with E-state index in [1.807, 2.05) is 31.4 Å². The maximum Gasteiger partial charge on any atom is 0.249 e. The van der Waals surface area contributed by atoms with Gasteiger partial charge in [-0.1, -0.05) is 13.0 Å². The van der Waals surface area contributed by atoms with Gasteiger partial charge in [-0.2, -0.15) is 0 Å². The quantitative estimate of drug-likeness (QED) is 0.772. The highest BCUT2D eigenvalue weighted by molar-refractivity contribution is 7.11. The Morgan fingerprint density at radius 1 is 1.44 bits per heavy atom. The van der Waals surface area contributed by atoms with Gasteiger partial charge in [0.05, 0.1) is 10.6 Å². The van der Waals surface area contributed by atoms with Gasteiger partial charge in [-0.15, -0.1) is 11.3 Å². The first-order valence-electron chi connectivity index (χ1n) is 5.47. The van der Waals surface area contributed by atoms with Crippen LogP contribution in [0.15, 0.2) is 23.1 Å². The lowest BCUT2D eigenvalue weighted by Gasteiger charge is -2.13. The molecule has 0 unspecified atom stereocenters. The molecule has 3 nitrogen and oxygen atoms in total. The molecule has 88 valence electrons. The van der Waals surface area contributed by atoms with E-state index in [0.29, 0.717) is 0 Å². The summed E-state index contributed by atoms with van der Waals surface area (Å²) in [4.78, 5) is 12.9. The number of rotatable bonds is 5. The van der Waals surface area contributed by atoms with Crippen LogP contribution in [0.2, 0.25) is 0 Å². The van der Waals surface area contributed by atoms with Crippen LogP contribution in [-0.2, 0) is 4.79 Å². The molecule has 2 N–H and O–H groups in total. The highest BCUT2D eigenvalue weighted by atomic mass is 32.1. The van der Waals surface area contributed by atoms with Crippen LogP contribution in [0.25, 0.3) is 5.70 Å². The summed E-state index contributed by atoms with van der Waals surface area (Å²) in [6, 6.07) is 4.02. The predicted molar refractivity (Wildman–Crippen MR) is 69.3 cm³/mol. The standard InChI is InChI=1S/C12H18N2OS/c1-4-9(12(15)13-3)11(14-5-2)10-7-6-8-16-10/h6-8,14H,4-5H2,1-3H3,(H,13,15)/b11-9+. The molecule has 0 radical (unpaired) electrons. The molecule has 0 fully saturated rings. The van der Waals surface area contributed by atoms with Gasteiger partial charge in [0, 0.05) is 19.2 Å². The Bertz CT molecular complexity index is 368. The van der Waals surface area contributed by atoms with Crippen LogP contribution < -0.4 is 10.6 Å². The molecule has 4 heteroatoms. The molecule has 0 saturated heterocycles. The van der Waals surface area contributed by atoms with Crippen LogP contribution in [0.3, 0.4) is 0 Å². The first-order valence-corrected chi connectivity index (χ1v) is 6.35. The smallest absolute Gasteiger partial charge is 0.249 e. The molecule has 0 bridgehead atoms. The summed E-state index contributed by atoms with van der Waals surface area (Å²) >= 11 is 1.64. The summed E-state index contributed by atoms with van der Waals surface area (Å²) in [7, 11) is 1.66.